The summed E-state index contributed by atoms with van der Waals surface area (Å²) in [5.74, 6) is -0.266. The predicted octanol–water partition coefficient (Wildman–Crippen LogP) is 3.52. The van der Waals surface area contributed by atoms with E-state index in [1.165, 1.54) is 16.4 Å². The SMILES string of the molecule is CCN(c1ccccc1)S(=O)(=O)c1cccc(C(=O)N2CCCCC2C(=O)N2CCCC2)c1. The van der Waals surface area contributed by atoms with Crippen molar-refractivity contribution in [3.63, 3.8) is 0 Å². The van der Waals surface area contributed by atoms with Crippen LogP contribution in [0.15, 0.2) is 59.5 Å². The monoisotopic (exact) mass is 469 g/mol. The Labute approximate surface area is 196 Å². The van der Waals surface area contributed by atoms with Crippen LogP contribution in [0.2, 0.25) is 0 Å². The summed E-state index contributed by atoms with van der Waals surface area (Å²) >= 11 is 0. The van der Waals surface area contributed by atoms with Gasteiger partial charge in [0.2, 0.25) is 5.91 Å². The molecule has 2 aromatic carbocycles. The van der Waals surface area contributed by atoms with Crippen molar-refractivity contribution in [1.82, 2.24) is 9.80 Å². The van der Waals surface area contributed by atoms with Crippen molar-refractivity contribution in [2.24, 2.45) is 0 Å². The van der Waals surface area contributed by atoms with E-state index in [2.05, 4.69) is 0 Å². The highest BCUT2D eigenvalue weighted by Crippen LogP contribution is 2.26. The summed E-state index contributed by atoms with van der Waals surface area (Å²) in [6.07, 6.45) is 4.40. The molecule has 2 aromatic rings. The maximum atomic E-state index is 13.5. The van der Waals surface area contributed by atoms with Crippen LogP contribution in [0.3, 0.4) is 0 Å². The molecule has 2 saturated heterocycles. The summed E-state index contributed by atoms with van der Waals surface area (Å²) in [4.78, 5) is 30.1. The van der Waals surface area contributed by atoms with Crippen molar-refractivity contribution in [3.05, 3.63) is 60.2 Å². The van der Waals surface area contributed by atoms with Crippen LogP contribution in [0.4, 0.5) is 5.69 Å². The van der Waals surface area contributed by atoms with Gasteiger partial charge in [-0.2, -0.15) is 0 Å². The molecule has 0 radical (unpaired) electrons. The zero-order chi connectivity index (χ0) is 23.4. The van der Waals surface area contributed by atoms with E-state index >= 15 is 0 Å². The van der Waals surface area contributed by atoms with Gasteiger partial charge in [-0.1, -0.05) is 24.3 Å². The zero-order valence-corrected chi connectivity index (χ0v) is 19.8. The topological polar surface area (TPSA) is 78.0 Å². The number of piperidine rings is 1. The molecular formula is C25H31N3O4S. The Morgan fingerprint density at radius 2 is 1.64 bits per heavy atom. The van der Waals surface area contributed by atoms with E-state index in [1.807, 2.05) is 11.0 Å². The van der Waals surface area contributed by atoms with Gasteiger partial charge >= 0.3 is 0 Å². The molecule has 2 heterocycles. The first-order valence-corrected chi connectivity index (χ1v) is 13.1. The number of anilines is 1. The van der Waals surface area contributed by atoms with Gasteiger partial charge in [-0.3, -0.25) is 13.9 Å². The van der Waals surface area contributed by atoms with Gasteiger partial charge in [-0.25, -0.2) is 8.42 Å². The Balaban J connectivity index is 1.61. The number of nitrogens with zero attached hydrogens (tertiary/aromatic N) is 3. The van der Waals surface area contributed by atoms with Crippen molar-refractivity contribution >= 4 is 27.5 Å². The Hall–Kier alpha value is -2.87. The molecule has 0 spiro atoms. The molecule has 2 aliphatic rings. The minimum absolute atomic E-state index is 0.0190. The summed E-state index contributed by atoms with van der Waals surface area (Å²) < 4.78 is 28.1. The molecule has 4 rings (SSSR count). The molecule has 176 valence electrons. The predicted molar refractivity (Wildman–Crippen MR) is 128 cm³/mol. The van der Waals surface area contributed by atoms with Crippen LogP contribution in [0.1, 0.15) is 49.4 Å². The van der Waals surface area contributed by atoms with Crippen molar-refractivity contribution in [2.75, 3.05) is 30.5 Å². The van der Waals surface area contributed by atoms with Crippen LogP contribution >= 0.6 is 0 Å². The molecular weight excluding hydrogens is 438 g/mol. The number of benzene rings is 2. The number of sulfonamides is 1. The summed E-state index contributed by atoms with van der Waals surface area (Å²) in [7, 11) is -3.85. The smallest absolute Gasteiger partial charge is 0.264 e. The van der Waals surface area contributed by atoms with E-state index in [0.717, 1.165) is 38.8 Å². The molecule has 7 nitrogen and oxygen atoms in total. The first kappa shape index (κ1) is 23.3. The molecule has 2 aliphatic heterocycles. The van der Waals surface area contributed by atoms with Gasteiger partial charge in [0.25, 0.3) is 15.9 Å². The van der Waals surface area contributed by atoms with E-state index < -0.39 is 16.1 Å². The zero-order valence-electron chi connectivity index (χ0n) is 19.0. The van der Waals surface area contributed by atoms with Gasteiger partial charge in [0, 0.05) is 31.7 Å². The Morgan fingerprint density at radius 1 is 0.939 bits per heavy atom. The van der Waals surface area contributed by atoms with E-state index in [4.69, 9.17) is 0 Å². The molecule has 0 aliphatic carbocycles. The van der Waals surface area contributed by atoms with Crippen molar-refractivity contribution in [2.45, 2.75) is 50.0 Å². The average molecular weight is 470 g/mol. The quantitative estimate of drug-likeness (QED) is 0.649. The minimum Gasteiger partial charge on any atom is -0.341 e. The first-order chi connectivity index (χ1) is 15.9. The van der Waals surface area contributed by atoms with Gasteiger partial charge in [-0.15, -0.1) is 0 Å². The number of para-hydroxylation sites is 1. The number of hydrogen-bond acceptors (Lipinski definition) is 4. The summed E-state index contributed by atoms with van der Waals surface area (Å²) in [5, 5.41) is 0. The fraction of sp³-hybridized carbons (Fsp3) is 0.440. The average Bonchev–Trinajstić information content (AvgIpc) is 3.39. The van der Waals surface area contributed by atoms with E-state index in [1.54, 1.807) is 48.2 Å². The first-order valence-electron chi connectivity index (χ1n) is 11.7. The lowest BCUT2D eigenvalue weighted by Gasteiger charge is -2.37. The molecule has 33 heavy (non-hydrogen) atoms. The molecule has 8 heteroatoms. The van der Waals surface area contributed by atoms with Crippen LogP contribution in [-0.4, -0.2) is 62.3 Å². The standard InChI is InChI=1S/C25H31N3O4S/c1-2-28(21-12-4-3-5-13-21)33(31,32)22-14-10-11-20(19-22)24(29)27-18-7-6-15-23(27)25(30)26-16-8-9-17-26/h3-5,10-14,19,23H,2,6-9,15-18H2,1H3. The van der Waals surface area contributed by atoms with Gasteiger partial charge in [0.1, 0.15) is 6.04 Å². The number of amides is 2. The molecule has 2 fully saturated rings. The molecule has 0 N–H and O–H groups in total. The van der Waals surface area contributed by atoms with E-state index in [9.17, 15) is 18.0 Å². The van der Waals surface area contributed by atoms with E-state index in [-0.39, 0.29) is 23.3 Å². The minimum atomic E-state index is -3.85. The second-order valence-electron chi connectivity index (χ2n) is 8.58. The lowest BCUT2D eigenvalue weighted by Crippen LogP contribution is -2.52. The lowest BCUT2D eigenvalue weighted by atomic mass is 9.99. The van der Waals surface area contributed by atoms with Gasteiger partial charge in [0.15, 0.2) is 0 Å². The Bertz CT molecular complexity index is 1100. The molecule has 1 unspecified atom stereocenters. The van der Waals surface area contributed by atoms with Crippen LogP contribution in [-0.2, 0) is 14.8 Å². The van der Waals surface area contributed by atoms with Gasteiger partial charge < -0.3 is 9.80 Å². The Kier molecular flexibility index (Phi) is 7.02. The van der Waals surface area contributed by atoms with Gasteiger partial charge in [0.05, 0.1) is 10.6 Å². The normalized spacial score (nSPS) is 18.9. The third kappa shape index (κ3) is 4.76. The number of hydrogen-bond donors (Lipinski definition) is 0. The number of likely N-dealkylation sites (tertiary alicyclic amines) is 2. The highest BCUT2D eigenvalue weighted by atomic mass is 32.2. The fourth-order valence-electron chi connectivity index (χ4n) is 4.75. The third-order valence-electron chi connectivity index (χ3n) is 6.47. The lowest BCUT2D eigenvalue weighted by molar-refractivity contribution is -0.136. The highest BCUT2D eigenvalue weighted by Gasteiger charge is 2.36. The summed E-state index contributed by atoms with van der Waals surface area (Å²) in [6.45, 7) is 4.05. The van der Waals surface area contributed by atoms with Crippen LogP contribution in [0, 0.1) is 0 Å². The molecule has 0 bridgehead atoms. The number of carbonyl (C=O) groups is 2. The highest BCUT2D eigenvalue weighted by molar-refractivity contribution is 7.92. The molecule has 1 atom stereocenters. The molecule has 0 aromatic heterocycles. The van der Waals surface area contributed by atoms with E-state index in [0.29, 0.717) is 24.2 Å². The van der Waals surface area contributed by atoms with Crippen LogP contribution in [0.25, 0.3) is 0 Å². The summed E-state index contributed by atoms with van der Waals surface area (Å²) in [6, 6.07) is 14.6. The van der Waals surface area contributed by atoms with Crippen molar-refractivity contribution < 1.29 is 18.0 Å². The van der Waals surface area contributed by atoms with Crippen molar-refractivity contribution in [3.8, 4) is 0 Å². The third-order valence-corrected chi connectivity index (χ3v) is 8.37. The maximum absolute atomic E-state index is 13.5. The Morgan fingerprint density at radius 3 is 2.33 bits per heavy atom. The van der Waals surface area contributed by atoms with Crippen LogP contribution in [0.5, 0.6) is 0 Å². The fourth-order valence-corrected chi connectivity index (χ4v) is 6.27. The largest absolute Gasteiger partial charge is 0.341 e. The van der Waals surface area contributed by atoms with Gasteiger partial charge in [-0.05, 0) is 69.4 Å². The number of carbonyl (C=O) groups excluding carboxylic acids is 2. The number of rotatable bonds is 6. The van der Waals surface area contributed by atoms with Crippen molar-refractivity contribution in [1.29, 1.82) is 0 Å². The second-order valence-corrected chi connectivity index (χ2v) is 10.4. The molecule has 0 saturated carbocycles. The van der Waals surface area contributed by atoms with Crippen LogP contribution < -0.4 is 4.31 Å². The summed E-state index contributed by atoms with van der Waals surface area (Å²) in [5.41, 5.74) is 0.866. The second kappa shape index (κ2) is 9.95. The molecule has 2 amide bonds. The maximum Gasteiger partial charge on any atom is 0.264 e.